The molecule has 1 aromatic carbocycles. The van der Waals surface area contributed by atoms with Crippen LogP contribution < -0.4 is 4.72 Å². The molecule has 1 heterocycles. The maximum atomic E-state index is 13.9. The fourth-order valence-corrected chi connectivity index (χ4v) is 2.68. The SMILES string of the molecule is O=S(=O)(NCc1ccco1)c1ccc(F)c(CO)c1F. The molecular formula is C12H11F2NO4S. The second-order valence-corrected chi connectivity index (χ2v) is 5.64. The van der Waals surface area contributed by atoms with Crippen LogP contribution in [0.25, 0.3) is 0 Å². The average molecular weight is 303 g/mol. The standard InChI is InChI=1S/C12H11F2NO4S/c13-10-3-4-11(12(14)9(10)7-16)20(17,18)15-6-8-2-1-5-19-8/h1-5,15-16H,6-7H2. The Kier molecular flexibility index (Phi) is 4.17. The number of rotatable bonds is 5. The molecule has 2 N–H and O–H groups in total. The van der Waals surface area contributed by atoms with E-state index < -0.39 is 38.7 Å². The number of furan rings is 1. The molecule has 5 nitrogen and oxygen atoms in total. The first-order chi connectivity index (χ1) is 9.45. The van der Waals surface area contributed by atoms with Gasteiger partial charge in [-0.2, -0.15) is 0 Å². The lowest BCUT2D eigenvalue weighted by Crippen LogP contribution is -2.24. The van der Waals surface area contributed by atoms with E-state index >= 15 is 0 Å². The molecular weight excluding hydrogens is 292 g/mol. The first-order valence-corrected chi connectivity index (χ1v) is 7.04. The fourth-order valence-electron chi connectivity index (χ4n) is 1.59. The third-order valence-electron chi connectivity index (χ3n) is 2.61. The van der Waals surface area contributed by atoms with Crippen molar-refractivity contribution in [3.05, 3.63) is 53.5 Å². The van der Waals surface area contributed by atoms with Gasteiger partial charge in [0.2, 0.25) is 10.0 Å². The van der Waals surface area contributed by atoms with E-state index in [0.29, 0.717) is 5.76 Å². The van der Waals surface area contributed by atoms with Gasteiger partial charge in [0.1, 0.15) is 16.5 Å². The average Bonchev–Trinajstić information content (AvgIpc) is 2.90. The van der Waals surface area contributed by atoms with Crippen LogP contribution in [-0.4, -0.2) is 13.5 Å². The largest absolute Gasteiger partial charge is 0.468 e. The van der Waals surface area contributed by atoms with E-state index in [1.807, 2.05) is 0 Å². The van der Waals surface area contributed by atoms with Crippen molar-refractivity contribution in [2.45, 2.75) is 18.0 Å². The Hall–Kier alpha value is -1.77. The lowest BCUT2D eigenvalue weighted by Gasteiger charge is -2.09. The van der Waals surface area contributed by atoms with Crippen molar-refractivity contribution in [3.63, 3.8) is 0 Å². The van der Waals surface area contributed by atoms with Crippen LogP contribution in [0.2, 0.25) is 0 Å². The molecule has 8 heteroatoms. The first-order valence-electron chi connectivity index (χ1n) is 5.55. The molecule has 108 valence electrons. The van der Waals surface area contributed by atoms with Crippen LogP contribution in [0, 0.1) is 11.6 Å². The van der Waals surface area contributed by atoms with Gasteiger partial charge in [0.05, 0.1) is 25.0 Å². The van der Waals surface area contributed by atoms with Gasteiger partial charge >= 0.3 is 0 Å². The molecule has 0 saturated carbocycles. The Morgan fingerprint density at radius 1 is 1.25 bits per heavy atom. The molecule has 0 fully saturated rings. The lowest BCUT2D eigenvalue weighted by molar-refractivity contribution is 0.267. The highest BCUT2D eigenvalue weighted by Gasteiger charge is 2.23. The van der Waals surface area contributed by atoms with Crippen molar-refractivity contribution in [2.24, 2.45) is 0 Å². The highest BCUT2D eigenvalue weighted by molar-refractivity contribution is 7.89. The lowest BCUT2D eigenvalue weighted by atomic mass is 10.2. The van der Waals surface area contributed by atoms with E-state index in [2.05, 4.69) is 4.72 Å². The number of halogens is 2. The number of aliphatic hydroxyl groups excluding tert-OH is 1. The molecule has 2 rings (SSSR count). The number of sulfonamides is 1. The van der Waals surface area contributed by atoms with Crippen LogP contribution in [0.5, 0.6) is 0 Å². The number of hydrogen-bond acceptors (Lipinski definition) is 4. The Morgan fingerprint density at radius 2 is 2.00 bits per heavy atom. The molecule has 0 aliphatic carbocycles. The van der Waals surface area contributed by atoms with Gasteiger partial charge in [0.15, 0.2) is 5.82 Å². The van der Waals surface area contributed by atoms with E-state index in [4.69, 9.17) is 9.52 Å². The molecule has 2 aromatic rings. The summed E-state index contributed by atoms with van der Waals surface area (Å²) in [5, 5.41) is 8.86. The van der Waals surface area contributed by atoms with Crippen LogP contribution >= 0.6 is 0 Å². The van der Waals surface area contributed by atoms with Crippen molar-refractivity contribution in [3.8, 4) is 0 Å². The number of hydrogen-bond donors (Lipinski definition) is 2. The van der Waals surface area contributed by atoms with Gasteiger partial charge in [-0.05, 0) is 24.3 Å². The Balaban J connectivity index is 2.30. The summed E-state index contributed by atoms with van der Waals surface area (Å²) < 4.78 is 58.0. The molecule has 0 radical (unpaired) electrons. The predicted molar refractivity (Wildman–Crippen MR) is 65.0 cm³/mol. The monoisotopic (exact) mass is 303 g/mol. The van der Waals surface area contributed by atoms with Crippen molar-refractivity contribution >= 4 is 10.0 Å². The van der Waals surface area contributed by atoms with Crippen LogP contribution in [0.3, 0.4) is 0 Å². The molecule has 0 aliphatic heterocycles. The minimum atomic E-state index is -4.18. The molecule has 0 saturated heterocycles. The van der Waals surface area contributed by atoms with Crippen molar-refractivity contribution in [1.29, 1.82) is 0 Å². The topological polar surface area (TPSA) is 79.5 Å². The van der Waals surface area contributed by atoms with Crippen LogP contribution in [-0.2, 0) is 23.2 Å². The van der Waals surface area contributed by atoms with E-state index in [1.165, 1.54) is 6.26 Å². The van der Waals surface area contributed by atoms with Gasteiger partial charge in [0, 0.05) is 0 Å². The molecule has 20 heavy (non-hydrogen) atoms. The zero-order chi connectivity index (χ0) is 14.8. The van der Waals surface area contributed by atoms with Crippen LogP contribution in [0.15, 0.2) is 39.8 Å². The van der Waals surface area contributed by atoms with Crippen LogP contribution in [0.1, 0.15) is 11.3 Å². The Labute approximate surface area is 113 Å². The highest BCUT2D eigenvalue weighted by atomic mass is 32.2. The van der Waals surface area contributed by atoms with Crippen LogP contribution in [0.4, 0.5) is 8.78 Å². The quantitative estimate of drug-likeness (QED) is 0.878. The van der Waals surface area contributed by atoms with Crippen molar-refractivity contribution in [2.75, 3.05) is 0 Å². The molecule has 0 aliphatic rings. The number of nitrogens with one attached hydrogen (secondary N) is 1. The van der Waals surface area contributed by atoms with Gasteiger partial charge in [-0.3, -0.25) is 0 Å². The predicted octanol–water partition coefficient (Wildman–Crippen LogP) is 1.53. The molecule has 0 unspecified atom stereocenters. The molecule has 0 spiro atoms. The van der Waals surface area contributed by atoms with Crippen molar-refractivity contribution in [1.82, 2.24) is 4.72 Å². The third-order valence-corrected chi connectivity index (χ3v) is 4.03. The Morgan fingerprint density at radius 3 is 2.60 bits per heavy atom. The summed E-state index contributed by atoms with van der Waals surface area (Å²) >= 11 is 0. The third kappa shape index (κ3) is 2.87. The summed E-state index contributed by atoms with van der Waals surface area (Å²) in [5.41, 5.74) is -0.689. The summed E-state index contributed by atoms with van der Waals surface area (Å²) in [4.78, 5) is -0.727. The van der Waals surface area contributed by atoms with Gasteiger partial charge in [-0.1, -0.05) is 0 Å². The van der Waals surface area contributed by atoms with Crippen molar-refractivity contribution < 1.29 is 26.7 Å². The molecule has 0 bridgehead atoms. The van der Waals surface area contributed by atoms with E-state index in [-0.39, 0.29) is 6.54 Å². The van der Waals surface area contributed by atoms with Gasteiger partial charge < -0.3 is 9.52 Å². The zero-order valence-electron chi connectivity index (χ0n) is 10.1. The summed E-state index contributed by atoms with van der Waals surface area (Å²) in [6.07, 6.45) is 1.37. The summed E-state index contributed by atoms with van der Waals surface area (Å²) in [6, 6.07) is 4.71. The smallest absolute Gasteiger partial charge is 0.243 e. The zero-order valence-corrected chi connectivity index (χ0v) is 11.0. The summed E-state index contributed by atoms with van der Waals surface area (Å²) in [7, 11) is -4.18. The highest BCUT2D eigenvalue weighted by Crippen LogP contribution is 2.21. The maximum absolute atomic E-state index is 13.9. The van der Waals surface area contributed by atoms with Gasteiger partial charge in [0.25, 0.3) is 0 Å². The van der Waals surface area contributed by atoms with E-state index in [9.17, 15) is 17.2 Å². The minimum absolute atomic E-state index is 0.166. The maximum Gasteiger partial charge on any atom is 0.243 e. The van der Waals surface area contributed by atoms with E-state index in [0.717, 1.165) is 12.1 Å². The molecule has 0 amide bonds. The van der Waals surface area contributed by atoms with E-state index in [1.54, 1.807) is 12.1 Å². The fraction of sp³-hybridized carbons (Fsp3) is 0.167. The minimum Gasteiger partial charge on any atom is -0.468 e. The molecule has 0 atom stereocenters. The molecule has 1 aromatic heterocycles. The summed E-state index contributed by atoms with van der Waals surface area (Å²) in [6.45, 7) is -1.10. The normalized spacial score (nSPS) is 11.8. The van der Waals surface area contributed by atoms with Gasteiger partial charge in [-0.25, -0.2) is 21.9 Å². The number of benzene rings is 1. The first kappa shape index (κ1) is 14.6. The Bertz CT molecular complexity index is 698. The number of aliphatic hydroxyl groups is 1. The second-order valence-electron chi connectivity index (χ2n) is 3.90. The summed E-state index contributed by atoms with van der Waals surface area (Å²) in [5.74, 6) is -1.96. The second kappa shape index (κ2) is 5.70. The van der Waals surface area contributed by atoms with Gasteiger partial charge in [-0.15, -0.1) is 0 Å².